The highest BCUT2D eigenvalue weighted by Crippen LogP contribution is 2.42. The van der Waals surface area contributed by atoms with Crippen LogP contribution in [0.1, 0.15) is 31.7 Å². The summed E-state index contributed by atoms with van der Waals surface area (Å²) in [7, 11) is 0. The predicted molar refractivity (Wildman–Crippen MR) is 78.9 cm³/mol. The summed E-state index contributed by atoms with van der Waals surface area (Å²) in [5, 5.41) is 0. The molecule has 2 atom stereocenters. The van der Waals surface area contributed by atoms with Crippen molar-refractivity contribution in [1.82, 2.24) is 0 Å². The number of rotatable bonds is 5. The van der Waals surface area contributed by atoms with Crippen LogP contribution in [0.25, 0.3) is 0 Å². The van der Waals surface area contributed by atoms with E-state index in [1.54, 1.807) is 11.8 Å². The Morgan fingerprint density at radius 1 is 1.47 bits per heavy atom. The molecule has 1 aromatic carbocycles. The SMILES string of the molecule is CCS[C@]1(C(=O)OCc2ccccc2)CC[C@@H](N)C1. The number of esters is 1. The van der Waals surface area contributed by atoms with Crippen LogP contribution in [0.15, 0.2) is 30.3 Å². The first-order valence-electron chi connectivity index (χ1n) is 6.77. The molecule has 1 fully saturated rings. The Bertz CT molecular complexity index is 419. The molecule has 3 nitrogen and oxygen atoms in total. The van der Waals surface area contributed by atoms with Gasteiger partial charge in [-0.1, -0.05) is 37.3 Å². The van der Waals surface area contributed by atoms with Crippen molar-refractivity contribution in [2.24, 2.45) is 5.73 Å². The van der Waals surface area contributed by atoms with Gasteiger partial charge in [-0.25, -0.2) is 0 Å². The van der Waals surface area contributed by atoms with Crippen LogP contribution in [0.5, 0.6) is 0 Å². The van der Waals surface area contributed by atoms with E-state index in [1.165, 1.54) is 0 Å². The Balaban J connectivity index is 1.97. The largest absolute Gasteiger partial charge is 0.460 e. The second-order valence-electron chi connectivity index (χ2n) is 4.99. The summed E-state index contributed by atoms with van der Waals surface area (Å²) in [5.41, 5.74) is 6.99. The van der Waals surface area contributed by atoms with Gasteiger partial charge in [0.15, 0.2) is 0 Å². The van der Waals surface area contributed by atoms with Crippen LogP contribution >= 0.6 is 11.8 Å². The van der Waals surface area contributed by atoms with E-state index in [1.807, 2.05) is 30.3 Å². The molecule has 19 heavy (non-hydrogen) atoms. The molecule has 4 heteroatoms. The van der Waals surface area contributed by atoms with Gasteiger partial charge in [0.2, 0.25) is 0 Å². The summed E-state index contributed by atoms with van der Waals surface area (Å²) in [6.45, 7) is 2.42. The smallest absolute Gasteiger partial charge is 0.322 e. The Labute approximate surface area is 118 Å². The van der Waals surface area contributed by atoms with Gasteiger partial charge in [0, 0.05) is 6.04 Å². The quantitative estimate of drug-likeness (QED) is 0.842. The number of hydrogen-bond acceptors (Lipinski definition) is 4. The molecule has 1 aliphatic carbocycles. The van der Waals surface area contributed by atoms with Crippen molar-refractivity contribution in [3.8, 4) is 0 Å². The van der Waals surface area contributed by atoms with Crippen molar-refractivity contribution < 1.29 is 9.53 Å². The molecule has 0 amide bonds. The fourth-order valence-corrected chi connectivity index (χ4v) is 3.88. The van der Waals surface area contributed by atoms with Crippen molar-refractivity contribution in [2.45, 2.75) is 43.6 Å². The highest BCUT2D eigenvalue weighted by atomic mass is 32.2. The van der Waals surface area contributed by atoms with E-state index in [4.69, 9.17) is 10.5 Å². The molecule has 1 aromatic rings. The van der Waals surface area contributed by atoms with Gasteiger partial charge >= 0.3 is 5.97 Å². The summed E-state index contributed by atoms with van der Waals surface area (Å²) in [5.74, 6) is 0.809. The third-order valence-electron chi connectivity index (χ3n) is 3.52. The Kier molecular flexibility index (Phi) is 4.88. The van der Waals surface area contributed by atoms with Crippen molar-refractivity contribution in [1.29, 1.82) is 0 Å². The normalized spacial score (nSPS) is 26.3. The molecule has 0 unspecified atom stereocenters. The van der Waals surface area contributed by atoms with Gasteiger partial charge in [-0.3, -0.25) is 4.79 Å². The zero-order valence-electron chi connectivity index (χ0n) is 11.3. The molecule has 0 bridgehead atoms. The first-order chi connectivity index (χ1) is 9.16. The summed E-state index contributed by atoms with van der Waals surface area (Å²) in [4.78, 5) is 12.4. The van der Waals surface area contributed by atoms with E-state index in [0.29, 0.717) is 6.61 Å². The minimum absolute atomic E-state index is 0.101. The van der Waals surface area contributed by atoms with E-state index in [0.717, 1.165) is 30.6 Å². The second kappa shape index (κ2) is 6.44. The number of hydrogen-bond donors (Lipinski definition) is 1. The molecular formula is C15H21NO2S. The van der Waals surface area contributed by atoms with Crippen LogP contribution in [-0.2, 0) is 16.1 Å². The maximum Gasteiger partial charge on any atom is 0.322 e. The van der Waals surface area contributed by atoms with Gasteiger partial charge in [0.05, 0.1) is 0 Å². The fourth-order valence-electron chi connectivity index (χ4n) is 2.55. The van der Waals surface area contributed by atoms with Gasteiger partial charge in [0.1, 0.15) is 11.4 Å². The molecule has 2 rings (SSSR count). The lowest BCUT2D eigenvalue weighted by molar-refractivity contribution is -0.147. The van der Waals surface area contributed by atoms with Crippen LogP contribution < -0.4 is 5.73 Å². The minimum atomic E-state index is -0.414. The summed E-state index contributed by atoms with van der Waals surface area (Å²) < 4.78 is 5.09. The van der Waals surface area contributed by atoms with Crippen LogP contribution in [-0.4, -0.2) is 22.5 Å². The van der Waals surface area contributed by atoms with Crippen molar-refractivity contribution >= 4 is 17.7 Å². The minimum Gasteiger partial charge on any atom is -0.460 e. The predicted octanol–water partition coefficient (Wildman–Crippen LogP) is 2.73. The average Bonchev–Trinajstić information content (AvgIpc) is 2.80. The third-order valence-corrected chi connectivity index (χ3v) is 4.90. The van der Waals surface area contributed by atoms with Gasteiger partial charge in [-0.05, 0) is 30.6 Å². The van der Waals surface area contributed by atoms with E-state index in [2.05, 4.69) is 6.92 Å². The highest BCUT2D eigenvalue weighted by molar-refractivity contribution is 8.01. The lowest BCUT2D eigenvalue weighted by Gasteiger charge is -2.25. The lowest BCUT2D eigenvalue weighted by Crippen LogP contribution is -2.36. The third kappa shape index (κ3) is 3.51. The van der Waals surface area contributed by atoms with Crippen LogP contribution in [0.4, 0.5) is 0 Å². The molecule has 0 aliphatic heterocycles. The Hall–Kier alpha value is -1.00. The Morgan fingerprint density at radius 3 is 2.79 bits per heavy atom. The molecule has 0 aromatic heterocycles. The second-order valence-corrected chi connectivity index (χ2v) is 6.64. The zero-order valence-corrected chi connectivity index (χ0v) is 12.1. The molecule has 0 spiro atoms. The number of carbonyl (C=O) groups excluding carboxylic acids is 1. The molecular weight excluding hydrogens is 258 g/mol. The van der Waals surface area contributed by atoms with Crippen molar-refractivity contribution in [2.75, 3.05) is 5.75 Å². The van der Waals surface area contributed by atoms with Gasteiger partial charge in [0.25, 0.3) is 0 Å². The molecule has 0 heterocycles. The molecule has 104 valence electrons. The number of thioether (sulfide) groups is 1. The molecule has 1 aliphatic rings. The maximum absolute atomic E-state index is 12.4. The van der Waals surface area contributed by atoms with Crippen molar-refractivity contribution in [3.63, 3.8) is 0 Å². The highest BCUT2D eigenvalue weighted by Gasteiger charge is 2.45. The van der Waals surface area contributed by atoms with Crippen LogP contribution in [0.2, 0.25) is 0 Å². The van der Waals surface area contributed by atoms with Crippen LogP contribution in [0.3, 0.4) is 0 Å². The average molecular weight is 279 g/mol. The van der Waals surface area contributed by atoms with E-state index < -0.39 is 4.75 Å². The summed E-state index contributed by atoms with van der Waals surface area (Å²) >= 11 is 1.68. The molecule has 0 saturated heterocycles. The standard InChI is InChI=1S/C15H21NO2S/c1-2-19-15(9-8-13(16)10-15)14(17)18-11-12-6-4-3-5-7-12/h3-7,13H,2,8-11,16H2,1H3/t13-,15-/m1/s1. The summed E-state index contributed by atoms with van der Waals surface area (Å²) in [6.07, 6.45) is 2.48. The van der Waals surface area contributed by atoms with Crippen LogP contribution in [0, 0.1) is 0 Å². The van der Waals surface area contributed by atoms with E-state index in [9.17, 15) is 4.79 Å². The lowest BCUT2D eigenvalue weighted by atomic mass is 10.1. The van der Waals surface area contributed by atoms with Gasteiger partial charge < -0.3 is 10.5 Å². The molecule has 0 radical (unpaired) electrons. The Morgan fingerprint density at radius 2 is 2.21 bits per heavy atom. The fraction of sp³-hybridized carbons (Fsp3) is 0.533. The van der Waals surface area contributed by atoms with Gasteiger partial charge in [-0.15, -0.1) is 11.8 Å². The maximum atomic E-state index is 12.4. The molecule has 1 saturated carbocycles. The zero-order chi connectivity index (χ0) is 13.7. The first-order valence-corrected chi connectivity index (χ1v) is 7.75. The number of benzene rings is 1. The monoisotopic (exact) mass is 279 g/mol. The van der Waals surface area contributed by atoms with Crippen molar-refractivity contribution in [3.05, 3.63) is 35.9 Å². The number of carbonyl (C=O) groups is 1. The summed E-state index contributed by atoms with van der Waals surface area (Å²) in [6, 6.07) is 9.91. The van der Waals surface area contributed by atoms with E-state index >= 15 is 0 Å². The first kappa shape index (κ1) is 14.4. The molecule has 2 N–H and O–H groups in total. The van der Waals surface area contributed by atoms with E-state index in [-0.39, 0.29) is 12.0 Å². The number of nitrogens with two attached hydrogens (primary N) is 1. The number of ether oxygens (including phenoxy) is 1. The topological polar surface area (TPSA) is 52.3 Å². The van der Waals surface area contributed by atoms with Gasteiger partial charge in [-0.2, -0.15) is 0 Å².